The Kier molecular flexibility index (Phi) is 3.42. The zero-order chi connectivity index (χ0) is 11.5. The number of hydrogen-bond donors (Lipinski definition) is 0. The molecule has 0 saturated heterocycles. The molecule has 0 N–H and O–H groups in total. The Labute approximate surface area is 98.7 Å². The van der Waals surface area contributed by atoms with Gasteiger partial charge < -0.3 is 0 Å². The molecule has 2 rings (SSSR count). The van der Waals surface area contributed by atoms with Gasteiger partial charge in [-0.1, -0.05) is 45.1 Å². The predicted octanol–water partition coefficient (Wildman–Crippen LogP) is 4.14. The molecule has 1 heteroatoms. The maximum atomic E-state index is 4.51. The summed E-state index contributed by atoms with van der Waals surface area (Å²) >= 11 is 0. The van der Waals surface area contributed by atoms with Crippen molar-refractivity contribution in [1.82, 2.24) is 0 Å². The van der Waals surface area contributed by atoms with Crippen LogP contribution in [0.25, 0.3) is 0 Å². The first kappa shape index (κ1) is 11.4. The van der Waals surface area contributed by atoms with Crippen LogP contribution in [0.15, 0.2) is 41.1 Å². The number of nitrogens with zero attached hydrogens (tertiary/aromatic N) is 1. The Bertz CT molecular complexity index is 371. The molecule has 0 fully saturated rings. The highest BCUT2D eigenvalue weighted by atomic mass is 14.7. The van der Waals surface area contributed by atoms with Crippen molar-refractivity contribution in [3.63, 3.8) is 0 Å². The lowest BCUT2D eigenvalue weighted by Crippen LogP contribution is -2.15. The molecule has 1 heterocycles. The highest BCUT2D eigenvalue weighted by Gasteiger charge is 2.18. The van der Waals surface area contributed by atoms with Crippen molar-refractivity contribution in [2.45, 2.75) is 33.6 Å². The maximum absolute atomic E-state index is 4.51. The van der Waals surface area contributed by atoms with Gasteiger partial charge in [-0.2, -0.15) is 0 Å². The lowest BCUT2D eigenvalue weighted by molar-refractivity contribution is 0.490. The van der Waals surface area contributed by atoms with Crippen LogP contribution in [0.3, 0.4) is 0 Å². The van der Waals surface area contributed by atoms with Gasteiger partial charge in [0.2, 0.25) is 0 Å². The lowest BCUT2D eigenvalue weighted by Gasteiger charge is -2.23. The fourth-order valence-corrected chi connectivity index (χ4v) is 2.46. The second-order valence-electron chi connectivity index (χ2n) is 5.01. The summed E-state index contributed by atoms with van der Waals surface area (Å²) in [5, 5.41) is 0. The van der Waals surface area contributed by atoms with E-state index in [0.29, 0.717) is 17.8 Å². The Morgan fingerprint density at radius 3 is 2.75 bits per heavy atom. The standard InChI is InChI=1S/C15H21N/c1-4-13-5-6-14(10-12(13)3)15-9-11(2)7-8-16-15/h5-8,10-13H,4,9H2,1-3H3. The van der Waals surface area contributed by atoms with Crippen LogP contribution in [-0.2, 0) is 0 Å². The van der Waals surface area contributed by atoms with Gasteiger partial charge in [0.25, 0.3) is 0 Å². The number of rotatable bonds is 2. The van der Waals surface area contributed by atoms with E-state index in [9.17, 15) is 0 Å². The predicted molar refractivity (Wildman–Crippen MR) is 70.5 cm³/mol. The minimum atomic E-state index is 0.626. The molecule has 3 unspecified atom stereocenters. The molecule has 0 radical (unpaired) electrons. The van der Waals surface area contributed by atoms with Crippen molar-refractivity contribution >= 4 is 5.71 Å². The summed E-state index contributed by atoms with van der Waals surface area (Å²) < 4.78 is 0. The van der Waals surface area contributed by atoms with Gasteiger partial charge in [-0.3, -0.25) is 4.99 Å². The fraction of sp³-hybridized carbons (Fsp3) is 0.533. The molecule has 86 valence electrons. The van der Waals surface area contributed by atoms with Gasteiger partial charge in [-0.05, 0) is 36.2 Å². The SMILES string of the molecule is CCC1C=CC(C2=NC=CC(C)C2)=CC1C. The summed E-state index contributed by atoms with van der Waals surface area (Å²) in [5.41, 5.74) is 2.60. The monoisotopic (exact) mass is 215 g/mol. The minimum Gasteiger partial charge on any atom is -0.261 e. The van der Waals surface area contributed by atoms with E-state index >= 15 is 0 Å². The van der Waals surface area contributed by atoms with Gasteiger partial charge in [0.1, 0.15) is 0 Å². The number of allylic oxidation sites excluding steroid dienone is 5. The highest BCUT2D eigenvalue weighted by molar-refractivity contribution is 6.03. The van der Waals surface area contributed by atoms with E-state index in [1.807, 2.05) is 6.20 Å². The third-order valence-corrected chi connectivity index (χ3v) is 3.61. The van der Waals surface area contributed by atoms with Crippen LogP contribution in [0.4, 0.5) is 0 Å². The Morgan fingerprint density at radius 1 is 1.31 bits per heavy atom. The van der Waals surface area contributed by atoms with E-state index in [0.717, 1.165) is 6.42 Å². The van der Waals surface area contributed by atoms with E-state index in [1.54, 1.807) is 0 Å². The second kappa shape index (κ2) is 4.82. The van der Waals surface area contributed by atoms with E-state index in [-0.39, 0.29) is 0 Å². The summed E-state index contributed by atoms with van der Waals surface area (Å²) in [7, 11) is 0. The van der Waals surface area contributed by atoms with E-state index < -0.39 is 0 Å². The van der Waals surface area contributed by atoms with Crippen molar-refractivity contribution in [3.8, 4) is 0 Å². The van der Waals surface area contributed by atoms with Gasteiger partial charge in [0, 0.05) is 11.9 Å². The molecular weight excluding hydrogens is 194 g/mol. The number of aliphatic imine (C=N–C) groups is 1. The normalized spacial score (nSPS) is 33.6. The van der Waals surface area contributed by atoms with E-state index in [2.05, 4.69) is 50.1 Å². The van der Waals surface area contributed by atoms with Crippen LogP contribution < -0.4 is 0 Å². The van der Waals surface area contributed by atoms with Crippen molar-refractivity contribution in [2.24, 2.45) is 22.7 Å². The Balaban J connectivity index is 2.15. The van der Waals surface area contributed by atoms with Crippen LogP contribution in [0.1, 0.15) is 33.6 Å². The summed E-state index contributed by atoms with van der Waals surface area (Å²) in [6, 6.07) is 0. The van der Waals surface area contributed by atoms with Gasteiger partial charge in [-0.25, -0.2) is 0 Å². The first-order valence-corrected chi connectivity index (χ1v) is 6.34. The van der Waals surface area contributed by atoms with Gasteiger partial charge in [-0.15, -0.1) is 0 Å². The minimum absolute atomic E-state index is 0.626. The van der Waals surface area contributed by atoms with Gasteiger partial charge in [0.15, 0.2) is 0 Å². The van der Waals surface area contributed by atoms with Crippen LogP contribution in [0.5, 0.6) is 0 Å². The topological polar surface area (TPSA) is 12.4 Å². The zero-order valence-corrected chi connectivity index (χ0v) is 10.5. The van der Waals surface area contributed by atoms with Crippen molar-refractivity contribution < 1.29 is 0 Å². The molecule has 0 amide bonds. The fourth-order valence-electron chi connectivity index (χ4n) is 2.46. The van der Waals surface area contributed by atoms with Gasteiger partial charge >= 0.3 is 0 Å². The molecule has 0 spiro atoms. The average Bonchev–Trinajstić information content (AvgIpc) is 2.29. The molecule has 0 aromatic carbocycles. The molecule has 0 aromatic rings. The highest BCUT2D eigenvalue weighted by Crippen LogP contribution is 2.27. The smallest absolute Gasteiger partial charge is 0.0478 e. The van der Waals surface area contributed by atoms with Crippen LogP contribution in [-0.4, -0.2) is 5.71 Å². The van der Waals surface area contributed by atoms with Crippen molar-refractivity contribution in [2.75, 3.05) is 0 Å². The molecule has 0 bridgehead atoms. The molecular formula is C15H21N. The molecule has 2 aliphatic rings. The van der Waals surface area contributed by atoms with Crippen molar-refractivity contribution in [3.05, 3.63) is 36.1 Å². The average molecular weight is 215 g/mol. The molecule has 0 aromatic heterocycles. The molecule has 3 atom stereocenters. The van der Waals surface area contributed by atoms with Crippen LogP contribution in [0, 0.1) is 17.8 Å². The van der Waals surface area contributed by atoms with Crippen molar-refractivity contribution in [1.29, 1.82) is 0 Å². The summed E-state index contributed by atoms with van der Waals surface area (Å²) in [6.45, 7) is 6.81. The van der Waals surface area contributed by atoms with Gasteiger partial charge in [0.05, 0.1) is 0 Å². The van der Waals surface area contributed by atoms with Crippen LogP contribution >= 0.6 is 0 Å². The number of hydrogen-bond acceptors (Lipinski definition) is 1. The Morgan fingerprint density at radius 2 is 2.12 bits per heavy atom. The Hall–Kier alpha value is -1.11. The second-order valence-corrected chi connectivity index (χ2v) is 5.01. The molecule has 1 aliphatic carbocycles. The third-order valence-electron chi connectivity index (χ3n) is 3.61. The molecule has 0 saturated carbocycles. The largest absolute Gasteiger partial charge is 0.261 e. The van der Waals surface area contributed by atoms with Crippen LogP contribution in [0.2, 0.25) is 0 Å². The summed E-state index contributed by atoms with van der Waals surface area (Å²) in [6.07, 6.45) is 13.4. The molecule has 1 aliphatic heterocycles. The lowest BCUT2D eigenvalue weighted by atomic mass is 9.83. The first-order valence-electron chi connectivity index (χ1n) is 6.34. The maximum Gasteiger partial charge on any atom is 0.0478 e. The molecule has 1 nitrogen and oxygen atoms in total. The molecule has 16 heavy (non-hydrogen) atoms. The van der Waals surface area contributed by atoms with E-state index in [1.165, 1.54) is 17.7 Å². The van der Waals surface area contributed by atoms with E-state index in [4.69, 9.17) is 0 Å². The summed E-state index contributed by atoms with van der Waals surface area (Å²) in [4.78, 5) is 4.51. The quantitative estimate of drug-likeness (QED) is 0.656. The third kappa shape index (κ3) is 2.34. The summed E-state index contributed by atoms with van der Waals surface area (Å²) in [5.74, 6) is 1.98. The zero-order valence-electron chi connectivity index (χ0n) is 10.5. The first-order chi connectivity index (χ1) is 7.70.